The van der Waals surface area contributed by atoms with Gasteiger partial charge in [-0.05, 0) is 60.5 Å². The summed E-state index contributed by atoms with van der Waals surface area (Å²) in [6.07, 6.45) is 1.92. The fourth-order valence-electron chi connectivity index (χ4n) is 3.33. The molecule has 0 spiro atoms. The Hall–Kier alpha value is -2.63. The predicted molar refractivity (Wildman–Crippen MR) is 122 cm³/mol. The molecule has 1 saturated heterocycles. The SMILES string of the molecule is CCOc1ccc2ccccc2c1/C=C1\SC(Nc2ccc(Cl)cc2C)NC1=O. The van der Waals surface area contributed by atoms with Crippen LogP contribution in [-0.4, -0.2) is 18.0 Å². The molecule has 1 amide bonds. The number of thioether (sulfide) groups is 1. The third-order valence-electron chi connectivity index (χ3n) is 4.71. The third kappa shape index (κ3) is 4.21. The summed E-state index contributed by atoms with van der Waals surface area (Å²) in [5.41, 5.74) is 2.64. The Labute approximate surface area is 179 Å². The molecule has 0 bridgehead atoms. The van der Waals surface area contributed by atoms with Crippen molar-refractivity contribution in [2.45, 2.75) is 19.3 Å². The number of rotatable bonds is 5. The number of carbonyl (C=O) groups excluding carboxylic acids is 1. The second-order valence-electron chi connectivity index (χ2n) is 6.72. The second-order valence-corrected chi connectivity index (χ2v) is 8.30. The minimum Gasteiger partial charge on any atom is -0.493 e. The zero-order valence-corrected chi connectivity index (χ0v) is 17.7. The molecule has 0 aliphatic carbocycles. The molecule has 148 valence electrons. The van der Waals surface area contributed by atoms with Gasteiger partial charge in [0.05, 0.1) is 11.5 Å². The van der Waals surface area contributed by atoms with Crippen LogP contribution in [0.2, 0.25) is 5.02 Å². The van der Waals surface area contributed by atoms with Crippen LogP contribution in [0, 0.1) is 6.92 Å². The number of benzene rings is 3. The van der Waals surface area contributed by atoms with E-state index in [1.165, 1.54) is 11.8 Å². The number of nitrogens with one attached hydrogen (secondary N) is 2. The van der Waals surface area contributed by atoms with E-state index in [1.54, 1.807) is 0 Å². The van der Waals surface area contributed by atoms with Crippen molar-refractivity contribution in [3.05, 3.63) is 75.7 Å². The van der Waals surface area contributed by atoms with E-state index in [1.807, 2.05) is 62.4 Å². The van der Waals surface area contributed by atoms with Crippen molar-refractivity contribution in [1.29, 1.82) is 0 Å². The van der Waals surface area contributed by atoms with Gasteiger partial charge in [-0.3, -0.25) is 4.79 Å². The summed E-state index contributed by atoms with van der Waals surface area (Å²) in [7, 11) is 0. The summed E-state index contributed by atoms with van der Waals surface area (Å²) in [6, 6.07) is 17.8. The summed E-state index contributed by atoms with van der Waals surface area (Å²) in [5, 5.41) is 9.20. The normalized spacial score (nSPS) is 17.6. The summed E-state index contributed by atoms with van der Waals surface area (Å²) in [5.74, 6) is 0.673. The maximum absolute atomic E-state index is 12.6. The van der Waals surface area contributed by atoms with Gasteiger partial charge in [-0.15, -0.1) is 0 Å². The van der Waals surface area contributed by atoms with Crippen LogP contribution >= 0.6 is 23.4 Å². The molecular formula is C23H21ClN2O2S. The number of hydrogen-bond donors (Lipinski definition) is 2. The highest BCUT2D eigenvalue weighted by atomic mass is 35.5. The van der Waals surface area contributed by atoms with E-state index in [0.29, 0.717) is 16.5 Å². The Morgan fingerprint density at radius 2 is 2.03 bits per heavy atom. The summed E-state index contributed by atoms with van der Waals surface area (Å²) in [6.45, 7) is 4.50. The van der Waals surface area contributed by atoms with Gasteiger partial charge in [-0.25, -0.2) is 0 Å². The van der Waals surface area contributed by atoms with Gasteiger partial charge in [0.15, 0.2) is 5.50 Å². The molecule has 1 heterocycles. The second kappa shape index (κ2) is 8.39. The molecule has 1 unspecified atom stereocenters. The largest absolute Gasteiger partial charge is 0.493 e. The molecule has 3 aromatic rings. The van der Waals surface area contributed by atoms with E-state index in [0.717, 1.165) is 33.3 Å². The number of aryl methyl sites for hydroxylation is 1. The van der Waals surface area contributed by atoms with Crippen molar-refractivity contribution in [3.63, 3.8) is 0 Å². The lowest BCUT2D eigenvalue weighted by atomic mass is 10.0. The van der Waals surface area contributed by atoms with Gasteiger partial charge in [0, 0.05) is 16.3 Å². The number of ether oxygens (including phenoxy) is 1. The standard InChI is InChI=1S/C23H21ClN2O2S/c1-3-28-20-11-8-15-6-4-5-7-17(15)18(20)13-21-22(27)26-23(29-21)25-19-10-9-16(24)12-14(19)2/h4-13,23,25H,3H2,1-2H3,(H,26,27)/b21-13-. The van der Waals surface area contributed by atoms with E-state index in [4.69, 9.17) is 16.3 Å². The lowest BCUT2D eigenvalue weighted by molar-refractivity contribution is -0.116. The quantitative estimate of drug-likeness (QED) is 0.508. The van der Waals surface area contributed by atoms with Crippen LogP contribution in [0.4, 0.5) is 5.69 Å². The van der Waals surface area contributed by atoms with Crippen molar-refractivity contribution in [2.24, 2.45) is 0 Å². The monoisotopic (exact) mass is 424 g/mol. The van der Waals surface area contributed by atoms with Gasteiger partial charge in [-0.2, -0.15) is 0 Å². The Morgan fingerprint density at radius 1 is 1.21 bits per heavy atom. The average molecular weight is 425 g/mol. The lowest BCUT2D eigenvalue weighted by Gasteiger charge is -2.15. The van der Waals surface area contributed by atoms with Gasteiger partial charge in [0.2, 0.25) is 0 Å². The highest BCUT2D eigenvalue weighted by molar-refractivity contribution is 8.05. The van der Waals surface area contributed by atoms with Crippen molar-refractivity contribution < 1.29 is 9.53 Å². The van der Waals surface area contributed by atoms with Gasteiger partial charge >= 0.3 is 0 Å². The number of anilines is 1. The van der Waals surface area contributed by atoms with Crippen LogP contribution in [-0.2, 0) is 4.79 Å². The molecule has 0 aromatic heterocycles. The smallest absolute Gasteiger partial charge is 0.260 e. The fourth-order valence-corrected chi connectivity index (χ4v) is 4.52. The van der Waals surface area contributed by atoms with Crippen molar-refractivity contribution in [3.8, 4) is 5.75 Å². The molecule has 0 radical (unpaired) electrons. The number of amides is 1. The topological polar surface area (TPSA) is 50.4 Å². The molecule has 1 atom stereocenters. The Kier molecular flexibility index (Phi) is 5.69. The molecule has 4 rings (SSSR count). The summed E-state index contributed by atoms with van der Waals surface area (Å²) < 4.78 is 5.83. The molecule has 29 heavy (non-hydrogen) atoms. The predicted octanol–water partition coefficient (Wildman–Crippen LogP) is 5.80. The highest BCUT2D eigenvalue weighted by Crippen LogP contribution is 2.36. The van der Waals surface area contributed by atoms with Crippen LogP contribution in [0.25, 0.3) is 16.8 Å². The van der Waals surface area contributed by atoms with Crippen molar-refractivity contribution in [2.75, 3.05) is 11.9 Å². The van der Waals surface area contributed by atoms with Gasteiger partial charge < -0.3 is 15.4 Å². The van der Waals surface area contributed by atoms with Crippen LogP contribution in [0.15, 0.2) is 59.5 Å². The summed E-state index contributed by atoms with van der Waals surface area (Å²) in [4.78, 5) is 13.3. The molecular weight excluding hydrogens is 404 g/mol. The molecule has 2 N–H and O–H groups in total. The molecule has 0 saturated carbocycles. The zero-order chi connectivity index (χ0) is 20.4. The first-order valence-corrected chi connectivity index (χ1v) is 10.7. The third-order valence-corrected chi connectivity index (χ3v) is 5.98. The van der Waals surface area contributed by atoms with Crippen LogP contribution in [0.3, 0.4) is 0 Å². The van der Waals surface area contributed by atoms with Crippen molar-refractivity contribution >= 4 is 51.8 Å². The molecule has 6 heteroatoms. The van der Waals surface area contributed by atoms with E-state index >= 15 is 0 Å². The molecule has 1 aliphatic heterocycles. The zero-order valence-electron chi connectivity index (χ0n) is 16.2. The minimum absolute atomic E-state index is 0.102. The van der Waals surface area contributed by atoms with Gasteiger partial charge in [-0.1, -0.05) is 53.7 Å². The van der Waals surface area contributed by atoms with E-state index < -0.39 is 0 Å². The summed E-state index contributed by atoms with van der Waals surface area (Å²) >= 11 is 7.49. The van der Waals surface area contributed by atoms with Crippen LogP contribution in [0.1, 0.15) is 18.1 Å². The first-order valence-electron chi connectivity index (χ1n) is 9.41. The van der Waals surface area contributed by atoms with E-state index in [9.17, 15) is 4.79 Å². The van der Waals surface area contributed by atoms with E-state index in [2.05, 4.69) is 22.8 Å². The molecule has 3 aromatic carbocycles. The van der Waals surface area contributed by atoms with E-state index in [-0.39, 0.29) is 11.4 Å². The number of hydrogen-bond acceptors (Lipinski definition) is 4. The van der Waals surface area contributed by atoms with Crippen LogP contribution < -0.4 is 15.4 Å². The first-order chi connectivity index (χ1) is 14.0. The number of carbonyl (C=O) groups is 1. The first kappa shape index (κ1) is 19.7. The minimum atomic E-state index is -0.251. The Balaban J connectivity index is 1.65. The lowest BCUT2D eigenvalue weighted by Crippen LogP contribution is -2.31. The fraction of sp³-hybridized carbons (Fsp3) is 0.174. The number of fused-ring (bicyclic) bond motifs is 1. The van der Waals surface area contributed by atoms with Gasteiger partial charge in [0.25, 0.3) is 5.91 Å². The maximum atomic E-state index is 12.6. The Morgan fingerprint density at radius 3 is 2.83 bits per heavy atom. The maximum Gasteiger partial charge on any atom is 0.260 e. The molecule has 1 fully saturated rings. The molecule has 1 aliphatic rings. The Bertz CT molecular complexity index is 1110. The van der Waals surface area contributed by atoms with Crippen LogP contribution in [0.5, 0.6) is 5.75 Å². The molecule has 4 nitrogen and oxygen atoms in total. The van der Waals surface area contributed by atoms with Gasteiger partial charge in [0.1, 0.15) is 5.75 Å². The van der Waals surface area contributed by atoms with Crippen molar-refractivity contribution in [1.82, 2.24) is 5.32 Å². The average Bonchev–Trinajstić information content (AvgIpc) is 3.05. The highest BCUT2D eigenvalue weighted by Gasteiger charge is 2.28. The number of halogens is 1.